The van der Waals surface area contributed by atoms with E-state index in [1.165, 1.54) is 6.08 Å². The first-order valence-corrected chi connectivity index (χ1v) is 5.10. The van der Waals surface area contributed by atoms with E-state index in [9.17, 15) is 10.1 Å². The molecule has 0 N–H and O–H groups in total. The molecule has 1 rings (SSSR count). The summed E-state index contributed by atoms with van der Waals surface area (Å²) in [6.07, 6.45) is 1.78. The van der Waals surface area contributed by atoms with Crippen LogP contribution in [-0.4, -0.2) is 4.92 Å². The van der Waals surface area contributed by atoms with Crippen LogP contribution in [0.15, 0.2) is 23.9 Å². The van der Waals surface area contributed by atoms with Gasteiger partial charge in [0.2, 0.25) is 5.70 Å². The zero-order valence-corrected chi connectivity index (χ0v) is 9.55. The molecule has 3 nitrogen and oxygen atoms in total. The number of rotatable bonds is 3. The third-order valence-electron chi connectivity index (χ3n) is 1.90. The molecule has 0 atom stereocenters. The predicted molar refractivity (Wildman–Crippen MR) is 61.7 cm³/mol. The van der Waals surface area contributed by atoms with Crippen molar-refractivity contribution < 1.29 is 4.92 Å². The summed E-state index contributed by atoms with van der Waals surface area (Å²) in [5.41, 5.74) is 0.678. The average Bonchev–Trinajstić information content (AvgIpc) is 2.19. The van der Waals surface area contributed by atoms with Gasteiger partial charge in [-0.3, -0.25) is 10.1 Å². The molecule has 0 fully saturated rings. The van der Waals surface area contributed by atoms with Crippen molar-refractivity contribution in [3.05, 3.63) is 49.6 Å². The van der Waals surface area contributed by atoms with Gasteiger partial charge >= 0.3 is 0 Å². The van der Waals surface area contributed by atoms with E-state index >= 15 is 0 Å². The first-order valence-electron chi connectivity index (χ1n) is 4.35. The van der Waals surface area contributed by atoms with E-state index in [-0.39, 0.29) is 5.70 Å². The SMILES string of the molecule is CC/C(=C/c1cccc(Cl)c1Cl)[N+](=O)[O-]. The van der Waals surface area contributed by atoms with Crippen molar-refractivity contribution in [3.8, 4) is 0 Å². The number of hydrogen-bond acceptors (Lipinski definition) is 2. The van der Waals surface area contributed by atoms with Gasteiger partial charge in [-0.05, 0) is 6.07 Å². The molecule has 0 aliphatic carbocycles. The van der Waals surface area contributed by atoms with Gasteiger partial charge in [-0.1, -0.05) is 42.3 Å². The Balaban J connectivity index is 3.17. The minimum Gasteiger partial charge on any atom is -0.259 e. The quantitative estimate of drug-likeness (QED) is 0.597. The largest absolute Gasteiger partial charge is 0.259 e. The fourth-order valence-corrected chi connectivity index (χ4v) is 1.46. The van der Waals surface area contributed by atoms with Gasteiger partial charge in [-0.25, -0.2) is 0 Å². The van der Waals surface area contributed by atoms with E-state index in [1.54, 1.807) is 25.1 Å². The monoisotopic (exact) mass is 245 g/mol. The number of hydrogen-bond donors (Lipinski definition) is 0. The van der Waals surface area contributed by atoms with E-state index in [2.05, 4.69) is 0 Å². The Morgan fingerprint density at radius 3 is 2.73 bits per heavy atom. The maximum Gasteiger partial charge on any atom is 0.246 e. The molecule has 80 valence electrons. The van der Waals surface area contributed by atoms with Crippen molar-refractivity contribution in [1.29, 1.82) is 0 Å². The molecule has 0 unspecified atom stereocenters. The van der Waals surface area contributed by atoms with Crippen molar-refractivity contribution in [2.24, 2.45) is 0 Å². The highest BCUT2D eigenvalue weighted by molar-refractivity contribution is 6.42. The molecule has 0 spiro atoms. The molecule has 15 heavy (non-hydrogen) atoms. The van der Waals surface area contributed by atoms with Crippen LogP contribution < -0.4 is 0 Å². The van der Waals surface area contributed by atoms with Gasteiger partial charge < -0.3 is 0 Å². The normalized spacial score (nSPS) is 11.5. The summed E-state index contributed by atoms with van der Waals surface area (Å²) in [4.78, 5) is 10.2. The van der Waals surface area contributed by atoms with Crippen molar-refractivity contribution in [2.75, 3.05) is 0 Å². The summed E-state index contributed by atoms with van der Waals surface area (Å²) in [5, 5.41) is 11.3. The van der Waals surface area contributed by atoms with Crippen molar-refractivity contribution >= 4 is 29.3 Å². The lowest BCUT2D eigenvalue weighted by Crippen LogP contribution is -1.96. The Hall–Kier alpha value is -1.06. The van der Waals surface area contributed by atoms with Crippen LogP contribution in [0.4, 0.5) is 0 Å². The second-order valence-electron chi connectivity index (χ2n) is 2.89. The molecule has 0 saturated carbocycles. The Morgan fingerprint density at radius 2 is 2.20 bits per heavy atom. The Kier molecular flexibility index (Phi) is 4.12. The van der Waals surface area contributed by atoms with E-state index in [0.29, 0.717) is 22.0 Å². The Labute approximate surface area is 97.5 Å². The van der Waals surface area contributed by atoms with Gasteiger partial charge in [0.05, 0.1) is 15.0 Å². The summed E-state index contributed by atoms with van der Waals surface area (Å²) >= 11 is 11.7. The average molecular weight is 246 g/mol. The fourth-order valence-electron chi connectivity index (χ4n) is 1.10. The maximum atomic E-state index is 10.6. The summed E-state index contributed by atoms with van der Waals surface area (Å²) in [6.45, 7) is 1.72. The predicted octanol–water partition coefficient (Wildman–Crippen LogP) is 4.02. The smallest absolute Gasteiger partial charge is 0.246 e. The lowest BCUT2D eigenvalue weighted by Gasteiger charge is -2.00. The number of nitrogens with zero attached hydrogens (tertiary/aromatic N) is 1. The minimum absolute atomic E-state index is 0.110. The molecule has 0 aliphatic rings. The zero-order chi connectivity index (χ0) is 11.4. The minimum atomic E-state index is -0.419. The van der Waals surface area contributed by atoms with Crippen LogP contribution in [0.25, 0.3) is 6.08 Å². The number of allylic oxidation sites excluding steroid dienone is 1. The van der Waals surface area contributed by atoms with E-state index in [1.807, 2.05) is 0 Å². The number of nitro groups is 1. The zero-order valence-electron chi connectivity index (χ0n) is 8.04. The number of benzene rings is 1. The second kappa shape index (κ2) is 5.14. The molecule has 0 heterocycles. The van der Waals surface area contributed by atoms with Crippen molar-refractivity contribution in [1.82, 2.24) is 0 Å². The van der Waals surface area contributed by atoms with E-state index in [0.717, 1.165) is 0 Å². The van der Waals surface area contributed by atoms with Gasteiger partial charge in [0, 0.05) is 18.1 Å². The number of halogens is 2. The van der Waals surface area contributed by atoms with Gasteiger partial charge in [-0.15, -0.1) is 0 Å². The molecule has 0 saturated heterocycles. The third kappa shape index (κ3) is 2.94. The Morgan fingerprint density at radius 1 is 1.53 bits per heavy atom. The van der Waals surface area contributed by atoms with Gasteiger partial charge in [0.15, 0.2) is 0 Å². The molecule has 0 amide bonds. The Bertz CT molecular complexity index is 416. The lowest BCUT2D eigenvalue weighted by atomic mass is 10.2. The van der Waals surface area contributed by atoms with Crippen molar-refractivity contribution in [2.45, 2.75) is 13.3 Å². The van der Waals surface area contributed by atoms with Gasteiger partial charge in [-0.2, -0.15) is 0 Å². The van der Waals surface area contributed by atoms with Crippen LogP contribution in [0, 0.1) is 10.1 Å². The van der Waals surface area contributed by atoms with Gasteiger partial charge in [0.25, 0.3) is 0 Å². The standard InChI is InChI=1S/C10H9Cl2NO2/c1-2-8(13(14)15)6-7-4-3-5-9(11)10(7)12/h3-6H,2H2,1H3/b8-6-. The molecule has 1 aromatic carbocycles. The topological polar surface area (TPSA) is 43.1 Å². The van der Waals surface area contributed by atoms with Crippen LogP contribution in [0.2, 0.25) is 10.0 Å². The van der Waals surface area contributed by atoms with Crippen LogP contribution in [0.5, 0.6) is 0 Å². The molecule has 0 radical (unpaired) electrons. The molecule has 0 bridgehead atoms. The highest BCUT2D eigenvalue weighted by Gasteiger charge is 2.09. The molecule has 0 aliphatic heterocycles. The highest BCUT2D eigenvalue weighted by Crippen LogP contribution is 2.27. The highest BCUT2D eigenvalue weighted by atomic mass is 35.5. The molecular formula is C10H9Cl2NO2. The van der Waals surface area contributed by atoms with E-state index < -0.39 is 4.92 Å². The maximum absolute atomic E-state index is 10.6. The summed E-state index contributed by atoms with van der Waals surface area (Å²) in [5.74, 6) is 0. The lowest BCUT2D eigenvalue weighted by molar-refractivity contribution is -0.425. The van der Waals surface area contributed by atoms with Crippen molar-refractivity contribution in [3.63, 3.8) is 0 Å². The molecule has 0 aromatic heterocycles. The molecule has 5 heteroatoms. The summed E-state index contributed by atoms with van der Waals surface area (Å²) in [6, 6.07) is 5.03. The summed E-state index contributed by atoms with van der Waals surface area (Å²) in [7, 11) is 0. The first kappa shape index (κ1) is 12.0. The summed E-state index contributed by atoms with van der Waals surface area (Å²) < 4.78 is 0. The van der Waals surface area contributed by atoms with Crippen LogP contribution >= 0.6 is 23.2 Å². The molecule has 1 aromatic rings. The first-order chi connectivity index (χ1) is 7.06. The van der Waals surface area contributed by atoms with E-state index in [4.69, 9.17) is 23.2 Å². The fraction of sp³-hybridized carbons (Fsp3) is 0.200. The van der Waals surface area contributed by atoms with Crippen LogP contribution in [0.1, 0.15) is 18.9 Å². The van der Waals surface area contributed by atoms with Crippen LogP contribution in [-0.2, 0) is 0 Å². The molecular weight excluding hydrogens is 237 g/mol. The van der Waals surface area contributed by atoms with Gasteiger partial charge in [0.1, 0.15) is 0 Å². The van der Waals surface area contributed by atoms with Crippen LogP contribution in [0.3, 0.4) is 0 Å². The third-order valence-corrected chi connectivity index (χ3v) is 2.73. The second-order valence-corrected chi connectivity index (χ2v) is 3.67.